The van der Waals surface area contributed by atoms with Gasteiger partial charge in [-0.25, -0.2) is 4.39 Å². The van der Waals surface area contributed by atoms with Crippen molar-refractivity contribution in [2.75, 3.05) is 0 Å². The van der Waals surface area contributed by atoms with E-state index in [0.717, 1.165) is 23.9 Å². The molecule has 1 aliphatic heterocycles. The largest absolute Gasteiger partial charge is 0.416 e. The van der Waals surface area contributed by atoms with Crippen molar-refractivity contribution in [2.45, 2.75) is 6.18 Å². The molecule has 0 saturated carbocycles. The Morgan fingerprint density at radius 1 is 1.21 bits per heavy atom. The summed E-state index contributed by atoms with van der Waals surface area (Å²) in [7, 11) is 0. The molecule has 2 heterocycles. The fourth-order valence-electron chi connectivity index (χ4n) is 2.04. The van der Waals surface area contributed by atoms with E-state index in [9.17, 15) is 22.4 Å². The summed E-state index contributed by atoms with van der Waals surface area (Å²) in [6.45, 7) is 0. The number of thiocarbonyl (C=S) groups is 1. The molecule has 2 aromatic rings. The van der Waals surface area contributed by atoms with E-state index in [2.05, 4.69) is 5.32 Å². The Balaban J connectivity index is 1.95. The minimum Gasteiger partial charge on any atom is -0.307 e. The van der Waals surface area contributed by atoms with E-state index in [1.807, 2.05) is 0 Å². The molecule has 1 aliphatic rings. The van der Waals surface area contributed by atoms with Gasteiger partial charge in [0.25, 0.3) is 5.91 Å². The molecule has 0 aliphatic carbocycles. The SMILES string of the molecule is O=C1NC(=S)SC1=Cc1cc(-c2cc(C(F)(F)F)ccc2F)cs1. The van der Waals surface area contributed by atoms with E-state index in [-0.39, 0.29) is 11.5 Å². The summed E-state index contributed by atoms with van der Waals surface area (Å²) < 4.78 is 52.6. The summed E-state index contributed by atoms with van der Waals surface area (Å²) in [5, 5.41) is 4.01. The first kappa shape index (κ1) is 17.1. The quantitative estimate of drug-likeness (QED) is 0.442. The molecule has 1 fully saturated rings. The van der Waals surface area contributed by atoms with Gasteiger partial charge in [0.1, 0.15) is 10.1 Å². The third-order valence-corrected chi connectivity index (χ3v) is 5.18. The number of thiophene rings is 1. The molecular formula is C15H7F4NOS3. The zero-order chi connectivity index (χ0) is 17.5. The van der Waals surface area contributed by atoms with Gasteiger partial charge in [-0.1, -0.05) is 24.0 Å². The highest BCUT2D eigenvalue weighted by molar-refractivity contribution is 8.26. The molecule has 1 aromatic carbocycles. The summed E-state index contributed by atoms with van der Waals surface area (Å²) in [6, 6.07) is 3.81. The Morgan fingerprint density at radius 2 is 1.96 bits per heavy atom. The predicted octanol–water partition coefficient (Wildman–Crippen LogP) is 5.06. The number of rotatable bonds is 2. The summed E-state index contributed by atoms with van der Waals surface area (Å²) in [5.41, 5.74) is -0.729. The number of thioether (sulfide) groups is 1. The van der Waals surface area contributed by atoms with Crippen LogP contribution in [0.5, 0.6) is 0 Å². The van der Waals surface area contributed by atoms with Crippen LogP contribution >= 0.6 is 35.3 Å². The van der Waals surface area contributed by atoms with Crippen LogP contribution in [0.1, 0.15) is 10.4 Å². The number of halogens is 4. The van der Waals surface area contributed by atoms with Crippen molar-refractivity contribution in [3.05, 3.63) is 50.8 Å². The third-order valence-electron chi connectivity index (χ3n) is 3.14. The molecule has 1 amide bonds. The van der Waals surface area contributed by atoms with Crippen LogP contribution in [0.15, 0.2) is 34.6 Å². The number of carbonyl (C=O) groups excluding carboxylic acids is 1. The van der Waals surface area contributed by atoms with Gasteiger partial charge in [0.2, 0.25) is 0 Å². The fraction of sp³-hybridized carbons (Fsp3) is 0.0667. The highest BCUT2D eigenvalue weighted by atomic mass is 32.2. The monoisotopic (exact) mass is 389 g/mol. The van der Waals surface area contributed by atoms with Crippen LogP contribution in [0.25, 0.3) is 17.2 Å². The number of hydrogen-bond donors (Lipinski definition) is 1. The average molecular weight is 389 g/mol. The Hall–Kier alpha value is -1.71. The van der Waals surface area contributed by atoms with Crippen molar-refractivity contribution in [3.63, 3.8) is 0 Å². The van der Waals surface area contributed by atoms with Crippen molar-refractivity contribution in [1.82, 2.24) is 5.32 Å². The highest BCUT2D eigenvalue weighted by Crippen LogP contribution is 2.36. The van der Waals surface area contributed by atoms with Crippen LogP contribution in [-0.4, -0.2) is 10.2 Å². The summed E-state index contributed by atoms with van der Waals surface area (Å²) in [5.74, 6) is -1.07. The highest BCUT2D eigenvalue weighted by Gasteiger charge is 2.31. The van der Waals surface area contributed by atoms with Gasteiger partial charge >= 0.3 is 6.18 Å². The van der Waals surface area contributed by atoms with Crippen LogP contribution in [0, 0.1) is 5.82 Å². The van der Waals surface area contributed by atoms with Crippen molar-refractivity contribution in [1.29, 1.82) is 0 Å². The van der Waals surface area contributed by atoms with E-state index < -0.39 is 17.6 Å². The molecule has 0 bridgehead atoms. The molecular weight excluding hydrogens is 382 g/mol. The zero-order valence-electron chi connectivity index (χ0n) is 11.6. The normalized spacial score (nSPS) is 16.8. The lowest BCUT2D eigenvalue weighted by molar-refractivity contribution is -0.137. The molecule has 0 spiro atoms. The summed E-state index contributed by atoms with van der Waals surface area (Å²) in [4.78, 5) is 12.6. The average Bonchev–Trinajstić information content (AvgIpc) is 3.05. The van der Waals surface area contributed by atoms with E-state index in [4.69, 9.17) is 12.2 Å². The van der Waals surface area contributed by atoms with Crippen molar-refractivity contribution in [3.8, 4) is 11.1 Å². The molecule has 1 N–H and O–H groups in total. The van der Waals surface area contributed by atoms with Crippen molar-refractivity contribution < 1.29 is 22.4 Å². The van der Waals surface area contributed by atoms with Gasteiger partial charge in [-0.15, -0.1) is 11.3 Å². The topological polar surface area (TPSA) is 29.1 Å². The van der Waals surface area contributed by atoms with Crippen LogP contribution < -0.4 is 5.32 Å². The Bertz CT molecular complexity index is 870. The minimum atomic E-state index is -4.54. The Morgan fingerprint density at radius 3 is 2.58 bits per heavy atom. The Labute approximate surface area is 147 Å². The van der Waals surface area contributed by atoms with Crippen molar-refractivity contribution in [2.24, 2.45) is 0 Å². The minimum absolute atomic E-state index is 0.134. The van der Waals surface area contributed by atoms with Gasteiger partial charge in [-0.05, 0) is 41.3 Å². The maximum Gasteiger partial charge on any atom is 0.416 e. The number of amides is 1. The van der Waals surface area contributed by atoms with E-state index in [1.54, 1.807) is 11.5 Å². The second-order valence-corrected chi connectivity index (χ2v) is 7.44. The lowest BCUT2D eigenvalue weighted by atomic mass is 10.0. The molecule has 1 aromatic heterocycles. The standard InChI is InChI=1S/C15H7F4NOS3/c16-11-2-1-8(15(17,18)19)4-10(11)7-3-9(23-6-7)5-12-13(21)20-14(22)24-12/h1-6H,(H,20,21,22). The smallest absolute Gasteiger partial charge is 0.307 e. The van der Waals surface area contributed by atoms with E-state index >= 15 is 0 Å². The van der Waals surface area contributed by atoms with Crippen LogP contribution in [0.3, 0.4) is 0 Å². The summed E-state index contributed by atoms with van der Waals surface area (Å²) in [6.07, 6.45) is -2.98. The Kier molecular flexibility index (Phi) is 4.50. The number of benzene rings is 1. The van der Waals surface area contributed by atoms with E-state index in [0.29, 0.717) is 25.7 Å². The molecule has 0 atom stereocenters. The van der Waals surface area contributed by atoms with Gasteiger partial charge in [0.15, 0.2) is 0 Å². The third kappa shape index (κ3) is 3.52. The maximum absolute atomic E-state index is 13.9. The lowest BCUT2D eigenvalue weighted by Crippen LogP contribution is -2.17. The zero-order valence-corrected chi connectivity index (χ0v) is 14.1. The van der Waals surface area contributed by atoms with Gasteiger partial charge in [0, 0.05) is 10.4 Å². The van der Waals surface area contributed by atoms with Crippen LogP contribution in [-0.2, 0) is 11.0 Å². The van der Waals surface area contributed by atoms with Gasteiger partial charge in [-0.2, -0.15) is 13.2 Å². The van der Waals surface area contributed by atoms with Crippen LogP contribution in [0.2, 0.25) is 0 Å². The molecule has 124 valence electrons. The van der Waals surface area contributed by atoms with Gasteiger partial charge in [-0.3, -0.25) is 4.79 Å². The van der Waals surface area contributed by atoms with Gasteiger partial charge in [0.05, 0.1) is 10.5 Å². The van der Waals surface area contributed by atoms with E-state index in [1.165, 1.54) is 17.4 Å². The lowest BCUT2D eigenvalue weighted by Gasteiger charge is -2.08. The van der Waals surface area contributed by atoms with Crippen molar-refractivity contribution >= 4 is 51.6 Å². The second-order valence-electron chi connectivity index (χ2n) is 4.78. The number of hydrogen-bond acceptors (Lipinski definition) is 4. The molecule has 2 nitrogen and oxygen atoms in total. The summed E-state index contributed by atoms with van der Waals surface area (Å²) >= 11 is 7.17. The number of nitrogens with one attached hydrogen (secondary N) is 1. The van der Waals surface area contributed by atoms with Crippen LogP contribution in [0.4, 0.5) is 17.6 Å². The van der Waals surface area contributed by atoms with Gasteiger partial charge < -0.3 is 5.32 Å². The maximum atomic E-state index is 13.9. The molecule has 0 unspecified atom stereocenters. The predicted molar refractivity (Wildman–Crippen MR) is 91.0 cm³/mol. The molecule has 3 rings (SSSR count). The first-order valence-electron chi connectivity index (χ1n) is 6.44. The molecule has 0 radical (unpaired) electrons. The first-order valence-corrected chi connectivity index (χ1v) is 8.55. The second kappa shape index (κ2) is 6.30. The number of alkyl halides is 3. The molecule has 24 heavy (non-hydrogen) atoms. The fourth-order valence-corrected chi connectivity index (χ4v) is 3.99. The molecule has 9 heteroatoms. The number of carbonyl (C=O) groups is 1. The molecule has 1 saturated heterocycles. The first-order chi connectivity index (χ1) is 11.2.